The van der Waals surface area contributed by atoms with Crippen LogP contribution in [0.1, 0.15) is 25.0 Å². The molecule has 0 N–H and O–H groups in total. The molecule has 2 nitrogen and oxygen atoms in total. The van der Waals surface area contributed by atoms with Crippen LogP contribution in [-0.4, -0.2) is 9.13 Å². The van der Waals surface area contributed by atoms with Crippen LogP contribution in [0.4, 0.5) is 0 Å². The van der Waals surface area contributed by atoms with Crippen LogP contribution in [0.2, 0.25) is 0 Å². The number of aromatic nitrogens is 2. The molecule has 0 fully saturated rings. The van der Waals surface area contributed by atoms with Gasteiger partial charge in [-0.25, -0.2) is 0 Å². The number of benzene rings is 9. The lowest BCUT2D eigenvalue weighted by Gasteiger charge is -2.21. The Balaban J connectivity index is 1.20. The van der Waals surface area contributed by atoms with Gasteiger partial charge in [0.2, 0.25) is 0 Å². The fourth-order valence-electron chi connectivity index (χ4n) is 9.77. The van der Waals surface area contributed by atoms with Gasteiger partial charge in [0.1, 0.15) is 0 Å². The van der Waals surface area contributed by atoms with E-state index < -0.39 is 0 Å². The number of rotatable bonds is 2. The fraction of sp³-hybridized carbons (Fsp3) is 0.0588. The minimum absolute atomic E-state index is 0.104. The monoisotopic (exact) mass is 674 g/mol. The maximum absolute atomic E-state index is 2.53. The average Bonchev–Trinajstić information content (AvgIpc) is 3.79. The van der Waals surface area contributed by atoms with E-state index in [0.717, 1.165) is 0 Å². The van der Waals surface area contributed by atoms with E-state index in [1.165, 1.54) is 110 Å². The molecule has 0 radical (unpaired) electrons. The molecule has 53 heavy (non-hydrogen) atoms. The van der Waals surface area contributed by atoms with Crippen LogP contribution in [0.25, 0.3) is 98.4 Å². The Morgan fingerprint density at radius 1 is 0.340 bits per heavy atom. The summed E-state index contributed by atoms with van der Waals surface area (Å²) >= 11 is 0. The molecular weight excluding hydrogens is 641 g/mol. The molecule has 9 aromatic carbocycles. The summed E-state index contributed by atoms with van der Waals surface area (Å²) in [5, 5.41) is 12.8. The summed E-state index contributed by atoms with van der Waals surface area (Å²) in [6.07, 6.45) is 0. The Bertz CT molecular complexity index is 3370. The first kappa shape index (κ1) is 29.0. The highest BCUT2D eigenvalue weighted by Crippen LogP contribution is 2.52. The van der Waals surface area contributed by atoms with Gasteiger partial charge in [-0.15, -0.1) is 0 Å². The standard InChI is InChI=1S/C51H34N2/c1-51(2)43-17-9-7-15-38(43)40-29-42-48(30-44(40)51)53(47-25-22-33-20-19-32-12-5-6-14-37(32)49(33)50(42)47)36-24-26-46-41(28-36)39-16-8-10-18-45(39)52(46)35-23-21-31-11-3-4-13-34(31)27-35/h3-30H,1-2H3. The van der Waals surface area contributed by atoms with E-state index in [1.54, 1.807) is 0 Å². The molecule has 12 rings (SSSR count). The first-order valence-corrected chi connectivity index (χ1v) is 18.6. The molecule has 1 aliphatic rings. The average molecular weight is 675 g/mol. The summed E-state index contributed by atoms with van der Waals surface area (Å²) < 4.78 is 4.96. The second-order valence-electron chi connectivity index (χ2n) is 15.4. The van der Waals surface area contributed by atoms with Gasteiger partial charge in [-0.05, 0) is 109 Å². The van der Waals surface area contributed by atoms with Gasteiger partial charge in [0.15, 0.2) is 0 Å². The molecule has 2 heteroatoms. The predicted molar refractivity (Wildman–Crippen MR) is 225 cm³/mol. The van der Waals surface area contributed by atoms with Crippen molar-refractivity contribution < 1.29 is 0 Å². The molecule has 0 bridgehead atoms. The minimum Gasteiger partial charge on any atom is -0.309 e. The number of hydrogen-bond acceptors (Lipinski definition) is 0. The molecule has 1 aliphatic carbocycles. The molecule has 2 aromatic heterocycles. The molecule has 0 saturated heterocycles. The summed E-state index contributed by atoms with van der Waals surface area (Å²) in [5.74, 6) is 0. The predicted octanol–water partition coefficient (Wildman–Crippen LogP) is 13.6. The highest BCUT2D eigenvalue weighted by molar-refractivity contribution is 6.29. The highest BCUT2D eigenvalue weighted by atomic mass is 15.0. The first-order valence-electron chi connectivity index (χ1n) is 18.6. The van der Waals surface area contributed by atoms with Gasteiger partial charge in [-0.2, -0.15) is 0 Å². The van der Waals surface area contributed by atoms with Crippen LogP contribution in [0.3, 0.4) is 0 Å². The summed E-state index contributed by atoms with van der Waals surface area (Å²) in [5.41, 5.74) is 12.6. The fourth-order valence-corrected chi connectivity index (χ4v) is 9.77. The van der Waals surface area contributed by atoms with E-state index in [1.807, 2.05) is 0 Å². The van der Waals surface area contributed by atoms with Crippen molar-refractivity contribution in [1.29, 1.82) is 0 Å². The van der Waals surface area contributed by atoms with Gasteiger partial charge in [0.25, 0.3) is 0 Å². The lowest BCUT2D eigenvalue weighted by atomic mass is 9.82. The van der Waals surface area contributed by atoms with E-state index in [9.17, 15) is 0 Å². The zero-order valence-corrected chi connectivity index (χ0v) is 29.6. The number of para-hydroxylation sites is 1. The van der Waals surface area contributed by atoms with Gasteiger partial charge >= 0.3 is 0 Å². The van der Waals surface area contributed by atoms with Crippen molar-refractivity contribution in [2.75, 3.05) is 0 Å². The zero-order chi connectivity index (χ0) is 35.0. The van der Waals surface area contributed by atoms with Crippen molar-refractivity contribution in [2.24, 2.45) is 0 Å². The van der Waals surface area contributed by atoms with Crippen LogP contribution >= 0.6 is 0 Å². The topological polar surface area (TPSA) is 9.86 Å². The largest absolute Gasteiger partial charge is 0.309 e. The molecule has 0 aliphatic heterocycles. The minimum atomic E-state index is -0.104. The highest BCUT2D eigenvalue weighted by Gasteiger charge is 2.36. The lowest BCUT2D eigenvalue weighted by Crippen LogP contribution is -2.14. The van der Waals surface area contributed by atoms with Crippen LogP contribution in [0.15, 0.2) is 170 Å². The molecule has 11 aromatic rings. The summed E-state index contributed by atoms with van der Waals surface area (Å²) in [6.45, 7) is 4.76. The molecule has 0 spiro atoms. The number of hydrogen-bond donors (Lipinski definition) is 0. The maximum atomic E-state index is 2.53. The SMILES string of the molecule is CC1(C)c2ccccc2-c2cc3c4c5c(ccc6ccccc65)ccc4n(-c4ccc5c(c4)c4ccccc4n5-c4ccc5ccccc5c4)c3cc21. The molecule has 248 valence electrons. The van der Waals surface area contributed by atoms with Crippen molar-refractivity contribution in [3.63, 3.8) is 0 Å². The van der Waals surface area contributed by atoms with E-state index in [4.69, 9.17) is 0 Å². The summed E-state index contributed by atoms with van der Waals surface area (Å²) in [7, 11) is 0. The van der Waals surface area contributed by atoms with E-state index in [0.29, 0.717) is 0 Å². The molecule has 0 amide bonds. The quantitative estimate of drug-likeness (QED) is 0.162. The second kappa shape index (κ2) is 10.2. The normalized spacial score (nSPS) is 13.6. The van der Waals surface area contributed by atoms with Crippen molar-refractivity contribution in [1.82, 2.24) is 9.13 Å². The van der Waals surface area contributed by atoms with E-state index in [-0.39, 0.29) is 5.41 Å². The summed E-state index contributed by atoms with van der Waals surface area (Å²) in [4.78, 5) is 0. The molecule has 2 heterocycles. The zero-order valence-electron chi connectivity index (χ0n) is 29.6. The van der Waals surface area contributed by atoms with E-state index in [2.05, 4.69) is 193 Å². The van der Waals surface area contributed by atoms with Crippen LogP contribution < -0.4 is 0 Å². The maximum Gasteiger partial charge on any atom is 0.0547 e. The number of fused-ring (bicyclic) bond motifs is 14. The first-order chi connectivity index (χ1) is 26.0. The van der Waals surface area contributed by atoms with Gasteiger partial charge in [0.05, 0.1) is 22.1 Å². The Kier molecular flexibility index (Phi) is 5.60. The van der Waals surface area contributed by atoms with Crippen molar-refractivity contribution in [3.8, 4) is 22.5 Å². The second-order valence-corrected chi connectivity index (χ2v) is 15.4. The molecule has 0 saturated carbocycles. The third-order valence-corrected chi connectivity index (χ3v) is 12.2. The van der Waals surface area contributed by atoms with E-state index >= 15 is 0 Å². The Morgan fingerprint density at radius 2 is 0.962 bits per heavy atom. The van der Waals surface area contributed by atoms with Gasteiger partial charge in [-0.1, -0.05) is 129 Å². The third-order valence-electron chi connectivity index (χ3n) is 12.2. The molecular formula is C51H34N2. The molecule has 0 unspecified atom stereocenters. The van der Waals surface area contributed by atoms with Crippen LogP contribution in [-0.2, 0) is 5.41 Å². The van der Waals surface area contributed by atoms with Gasteiger partial charge in [0, 0.05) is 38.3 Å². The van der Waals surface area contributed by atoms with Gasteiger partial charge in [-0.3, -0.25) is 0 Å². The van der Waals surface area contributed by atoms with Crippen LogP contribution in [0.5, 0.6) is 0 Å². The molecule has 0 atom stereocenters. The van der Waals surface area contributed by atoms with Crippen molar-refractivity contribution >= 4 is 75.9 Å². The third kappa shape index (κ3) is 3.82. The van der Waals surface area contributed by atoms with Crippen molar-refractivity contribution in [3.05, 3.63) is 181 Å². The smallest absolute Gasteiger partial charge is 0.0547 e. The summed E-state index contributed by atoms with van der Waals surface area (Å²) in [6, 6.07) is 63.4. The Hall–Kier alpha value is -6.64. The van der Waals surface area contributed by atoms with Crippen molar-refractivity contribution in [2.45, 2.75) is 19.3 Å². The Labute approximate surface area is 306 Å². The van der Waals surface area contributed by atoms with Gasteiger partial charge < -0.3 is 9.13 Å². The lowest BCUT2D eigenvalue weighted by molar-refractivity contribution is 0.661. The Morgan fingerprint density at radius 3 is 1.87 bits per heavy atom. The van der Waals surface area contributed by atoms with Crippen LogP contribution in [0, 0.1) is 0 Å². The number of nitrogens with zero attached hydrogens (tertiary/aromatic N) is 2.